The van der Waals surface area contributed by atoms with Crippen molar-refractivity contribution in [1.82, 2.24) is 9.80 Å². The van der Waals surface area contributed by atoms with Crippen LogP contribution in [0.15, 0.2) is 48.5 Å². The van der Waals surface area contributed by atoms with Gasteiger partial charge in [0.2, 0.25) is 0 Å². The summed E-state index contributed by atoms with van der Waals surface area (Å²) in [5.41, 5.74) is 0.269. The van der Waals surface area contributed by atoms with E-state index in [0.29, 0.717) is 19.4 Å². The molecule has 2 aromatic rings. The predicted molar refractivity (Wildman–Crippen MR) is 121 cm³/mol. The number of rotatable bonds is 9. The number of morpholine rings is 1. The first kappa shape index (κ1) is 23.0. The lowest BCUT2D eigenvalue weighted by atomic mass is 9.92. The van der Waals surface area contributed by atoms with Crippen molar-refractivity contribution in [2.24, 2.45) is 0 Å². The number of halogens is 1. The zero-order valence-corrected chi connectivity index (χ0v) is 18.5. The minimum atomic E-state index is -0.927. The highest BCUT2D eigenvalue weighted by atomic mass is 19.1. The average Bonchev–Trinajstić information content (AvgIpc) is 2.81. The number of hydrogen-bond donors (Lipinski definition) is 1. The highest BCUT2D eigenvalue weighted by Crippen LogP contribution is 2.26. The number of likely N-dealkylation sites (tertiary alicyclic amines) is 1. The van der Waals surface area contributed by atoms with E-state index in [1.165, 1.54) is 11.6 Å². The Bertz CT molecular complexity index is 851. The summed E-state index contributed by atoms with van der Waals surface area (Å²) in [5.74, 6) is 0.678. The lowest BCUT2D eigenvalue weighted by Gasteiger charge is -2.38. The number of ether oxygens (including phenoxy) is 3. The summed E-state index contributed by atoms with van der Waals surface area (Å²) < 4.78 is 30.7. The van der Waals surface area contributed by atoms with Crippen LogP contribution < -0.4 is 9.47 Å². The number of hydrogen-bond acceptors (Lipinski definition) is 6. The standard InChI is InChI=1S/C25H33FN2O4/c26-23-6-1-2-7-24(23)32-20-25(29)8-10-28(11-9-25)19-21-4-3-5-22(18-21)31-17-14-27-12-15-30-16-13-27/h1-7,18,29H,8-17,19-20H2. The molecule has 4 rings (SSSR count). The number of para-hydroxylation sites is 1. The maximum Gasteiger partial charge on any atom is 0.165 e. The Morgan fingerprint density at radius 1 is 0.938 bits per heavy atom. The van der Waals surface area contributed by atoms with E-state index >= 15 is 0 Å². The van der Waals surface area contributed by atoms with Crippen LogP contribution in [0.2, 0.25) is 0 Å². The van der Waals surface area contributed by atoms with Gasteiger partial charge in [0.1, 0.15) is 24.6 Å². The highest BCUT2D eigenvalue weighted by molar-refractivity contribution is 5.28. The van der Waals surface area contributed by atoms with Crippen molar-refractivity contribution in [3.05, 3.63) is 59.9 Å². The first-order valence-corrected chi connectivity index (χ1v) is 11.4. The second kappa shape index (κ2) is 11.1. The molecule has 0 bridgehead atoms. The molecular formula is C25H33FN2O4. The van der Waals surface area contributed by atoms with Crippen molar-refractivity contribution >= 4 is 0 Å². The highest BCUT2D eigenvalue weighted by Gasteiger charge is 2.33. The first-order valence-electron chi connectivity index (χ1n) is 11.4. The molecule has 7 heteroatoms. The molecule has 0 radical (unpaired) electrons. The molecule has 2 fully saturated rings. The van der Waals surface area contributed by atoms with Crippen LogP contribution >= 0.6 is 0 Å². The number of aliphatic hydroxyl groups is 1. The summed E-state index contributed by atoms with van der Waals surface area (Å²) in [6, 6.07) is 14.5. The van der Waals surface area contributed by atoms with Gasteiger partial charge in [-0.05, 0) is 42.7 Å². The fourth-order valence-electron chi connectivity index (χ4n) is 4.15. The molecule has 0 spiro atoms. The fourth-order valence-corrected chi connectivity index (χ4v) is 4.15. The van der Waals surface area contributed by atoms with E-state index in [1.807, 2.05) is 12.1 Å². The molecule has 32 heavy (non-hydrogen) atoms. The minimum absolute atomic E-state index is 0.105. The first-order chi connectivity index (χ1) is 15.6. The predicted octanol–water partition coefficient (Wildman–Crippen LogP) is 2.94. The Labute approximate surface area is 189 Å². The Morgan fingerprint density at radius 3 is 2.50 bits per heavy atom. The van der Waals surface area contributed by atoms with Gasteiger partial charge < -0.3 is 19.3 Å². The van der Waals surface area contributed by atoms with Gasteiger partial charge in [0.15, 0.2) is 11.6 Å². The smallest absolute Gasteiger partial charge is 0.165 e. The van der Waals surface area contributed by atoms with Crippen LogP contribution in [0.3, 0.4) is 0 Å². The molecule has 0 amide bonds. The van der Waals surface area contributed by atoms with Gasteiger partial charge in [0.25, 0.3) is 0 Å². The second-order valence-electron chi connectivity index (χ2n) is 8.67. The zero-order valence-electron chi connectivity index (χ0n) is 18.5. The summed E-state index contributed by atoms with van der Waals surface area (Å²) in [4.78, 5) is 4.68. The van der Waals surface area contributed by atoms with Gasteiger partial charge in [-0.2, -0.15) is 0 Å². The molecule has 0 aromatic heterocycles. The molecule has 174 valence electrons. The fraction of sp³-hybridized carbons (Fsp3) is 0.520. The van der Waals surface area contributed by atoms with Crippen LogP contribution in [0.5, 0.6) is 11.5 Å². The topological polar surface area (TPSA) is 54.4 Å². The van der Waals surface area contributed by atoms with Crippen LogP contribution in [-0.4, -0.2) is 79.7 Å². The van der Waals surface area contributed by atoms with Gasteiger partial charge in [-0.15, -0.1) is 0 Å². The number of benzene rings is 2. The number of nitrogens with zero attached hydrogens (tertiary/aromatic N) is 2. The molecule has 1 N–H and O–H groups in total. The summed E-state index contributed by atoms with van der Waals surface area (Å²) in [5, 5.41) is 10.9. The Hall–Kier alpha value is -2.19. The molecule has 2 aliphatic rings. The Balaban J connectivity index is 1.20. The van der Waals surface area contributed by atoms with Gasteiger partial charge in [-0.3, -0.25) is 9.80 Å². The molecule has 0 aliphatic carbocycles. The average molecular weight is 445 g/mol. The quantitative estimate of drug-likeness (QED) is 0.642. The maximum absolute atomic E-state index is 13.7. The van der Waals surface area contributed by atoms with E-state index < -0.39 is 11.4 Å². The lowest BCUT2D eigenvalue weighted by Crippen LogP contribution is -2.47. The summed E-state index contributed by atoms with van der Waals surface area (Å²) in [6.07, 6.45) is 1.19. The molecule has 2 heterocycles. The second-order valence-corrected chi connectivity index (χ2v) is 8.67. The molecule has 2 aromatic carbocycles. The number of piperidine rings is 1. The molecule has 6 nitrogen and oxygen atoms in total. The van der Waals surface area contributed by atoms with Crippen molar-refractivity contribution in [3.8, 4) is 11.5 Å². The van der Waals surface area contributed by atoms with Gasteiger partial charge >= 0.3 is 0 Å². The van der Waals surface area contributed by atoms with E-state index in [4.69, 9.17) is 14.2 Å². The van der Waals surface area contributed by atoms with Crippen molar-refractivity contribution < 1.29 is 23.7 Å². The van der Waals surface area contributed by atoms with E-state index in [2.05, 4.69) is 21.9 Å². The Morgan fingerprint density at radius 2 is 1.72 bits per heavy atom. The van der Waals surface area contributed by atoms with Gasteiger partial charge in [-0.25, -0.2) is 4.39 Å². The molecule has 0 saturated carbocycles. The minimum Gasteiger partial charge on any atom is -0.492 e. The van der Waals surface area contributed by atoms with E-state index in [9.17, 15) is 9.50 Å². The SMILES string of the molecule is OC1(COc2ccccc2F)CCN(Cc2cccc(OCCN3CCOCC3)c2)CC1. The summed E-state index contributed by atoms with van der Waals surface area (Å²) in [6.45, 7) is 7.56. The Kier molecular flexibility index (Phi) is 7.97. The largest absolute Gasteiger partial charge is 0.492 e. The van der Waals surface area contributed by atoms with Gasteiger partial charge in [0.05, 0.1) is 13.2 Å². The van der Waals surface area contributed by atoms with Crippen LogP contribution in [0, 0.1) is 5.82 Å². The lowest BCUT2D eigenvalue weighted by molar-refractivity contribution is -0.0543. The van der Waals surface area contributed by atoms with Crippen LogP contribution in [-0.2, 0) is 11.3 Å². The maximum atomic E-state index is 13.7. The molecule has 0 unspecified atom stereocenters. The van der Waals surface area contributed by atoms with Gasteiger partial charge in [-0.1, -0.05) is 24.3 Å². The van der Waals surface area contributed by atoms with Crippen molar-refractivity contribution in [2.45, 2.75) is 25.0 Å². The van der Waals surface area contributed by atoms with E-state index in [0.717, 1.165) is 58.2 Å². The van der Waals surface area contributed by atoms with Crippen LogP contribution in [0.1, 0.15) is 18.4 Å². The van der Waals surface area contributed by atoms with Crippen molar-refractivity contribution in [3.63, 3.8) is 0 Å². The molecular weight excluding hydrogens is 411 g/mol. The van der Waals surface area contributed by atoms with Crippen molar-refractivity contribution in [1.29, 1.82) is 0 Å². The van der Waals surface area contributed by atoms with Crippen molar-refractivity contribution in [2.75, 3.05) is 59.2 Å². The van der Waals surface area contributed by atoms with E-state index in [1.54, 1.807) is 18.2 Å². The monoisotopic (exact) mass is 444 g/mol. The molecule has 2 aliphatic heterocycles. The zero-order chi connectivity index (χ0) is 22.2. The third-order valence-electron chi connectivity index (χ3n) is 6.20. The summed E-state index contributed by atoms with van der Waals surface area (Å²) in [7, 11) is 0. The third-order valence-corrected chi connectivity index (χ3v) is 6.20. The van der Waals surface area contributed by atoms with Crippen LogP contribution in [0.4, 0.5) is 4.39 Å². The normalized spacial score (nSPS) is 19.6. The van der Waals surface area contributed by atoms with E-state index in [-0.39, 0.29) is 12.4 Å². The van der Waals surface area contributed by atoms with Gasteiger partial charge in [0, 0.05) is 39.3 Å². The molecule has 0 atom stereocenters. The molecule has 2 saturated heterocycles. The van der Waals surface area contributed by atoms with Crippen LogP contribution in [0.25, 0.3) is 0 Å². The third kappa shape index (κ3) is 6.65. The summed E-state index contributed by atoms with van der Waals surface area (Å²) >= 11 is 0.